The van der Waals surface area contributed by atoms with Crippen molar-refractivity contribution in [3.8, 4) is 0 Å². The molecule has 1 amide bonds. The van der Waals surface area contributed by atoms with Gasteiger partial charge >= 0.3 is 5.97 Å². The second kappa shape index (κ2) is 5.09. The van der Waals surface area contributed by atoms with Crippen LogP contribution in [0.1, 0.15) is 20.1 Å². The lowest BCUT2D eigenvalue weighted by atomic mass is 10.2. The van der Waals surface area contributed by atoms with Crippen molar-refractivity contribution in [3.63, 3.8) is 0 Å². The molecule has 1 rings (SSSR count). The zero-order chi connectivity index (χ0) is 12.3. The molecule has 1 aromatic heterocycles. The van der Waals surface area contributed by atoms with Crippen LogP contribution >= 0.6 is 11.3 Å². The van der Waals surface area contributed by atoms with Gasteiger partial charge in [0, 0.05) is 9.75 Å². The van der Waals surface area contributed by atoms with Crippen molar-refractivity contribution < 1.29 is 19.8 Å². The Balaban J connectivity index is 2.79. The highest BCUT2D eigenvalue weighted by Crippen LogP contribution is 2.20. The quantitative estimate of drug-likeness (QED) is 0.720. The average Bonchev–Trinajstić information content (AvgIpc) is 2.53. The second-order valence-electron chi connectivity index (χ2n) is 3.37. The number of carboxylic acids is 1. The Kier molecular flexibility index (Phi) is 4.03. The third-order valence-electron chi connectivity index (χ3n) is 2.07. The molecule has 1 atom stereocenters. The average molecular weight is 243 g/mol. The number of carboxylic acid groups (broad SMARTS) is 1. The smallest absolute Gasteiger partial charge is 0.328 e. The van der Waals surface area contributed by atoms with E-state index in [0.29, 0.717) is 5.56 Å². The number of aryl methyl sites for hydroxylation is 2. The maximum absolute atomic E-state index is 11.7. The Labute approximate surface area is 96.7 Å². The highest BCUT2D eigenvalue weighted by atomic mass is 32.1. The first kappa shape index (κ1) is 12.7. The second-order valence-corrected chi connectivity index (χ2v) is 4.83. The lowest BCUT2D eigenvalue weighted by molar-refractivity contribution is -0.140. The molecule has 0 aliphatic carbocycles. The first-order chi connectivity index (χ1) is 7.45. The predicted molar refractivity (Wildman–Crippen MR) is 59.8 cm³/mol. The normalized spacial score (nSPS) is 12.2. The van der Waals surface area contributed by atoms with Crippen LogP contribution in [-0.4, -0.2) is 34.7 Å². The lowest BCUT2D eigenvalue weighted by Crippen LogP contribution is -2.43. The van der Waals surface area contributed by atoms with Crippen LogP contribution in [0.25, 0.3) is 0 Å². The molecular weight excluding hydrogens is 230 g/mol. The minimum absolute atomic E-state index is 0.460. The molecule has 0 saturated heterocycles. The highest BCUT2D eigenvalue weighted by molar-refractivity contribution is 7.12. The number of carbonyl (C=O) groups is 2. The maximum atomic E-state index is 11.7. The number of nitrogens with one attached hydrogen (secondary N) is 1. The summed E-state index contributed by atoms with van der Waals surface area (Å²) in [6.45, 7) is 3.04. The van der Waals surface area contributed by atoms with Crippen LogP contribution in [0.5, 0.6) is 0 Å². The van der Waals surface area contributed by atoms with E-state index >= 15 is 0 Å². The number of hydrogen-bond acceptors (Lipinski definition) is 4. The summed E-state index contributed by atoms with van der Waals surface area (Å²) in [7, 11) is 0. The molecule has 0 spiro atoms. The van der Waals surface area contributed by atoms with Gasteiger partial charge in [-0.1, -0.05) is 0 Å². The van der Waals surface area contributed by atoms with Gasteiger partial charge in [0.25, 0.3) is 5.91 Å². The summed E-state index contributed by atoms with van der Waals surface area (Å²) in [5.41, 5.74) is 0.460. The topological polar surface area (TPSA) is 86.6 Å². The van der Waals surface area contributed by atoms with E-state index in [4.69, 9.17) is 10.2 Å². The fraction of sp³-hybridized carbons (Fsp3) is 0.400. The van der Waals surface area contributed by atoms with Gasteiger partial charge in [-0.15, -0.1) is 11.3 Å². The van der Waals surface area contributed by atoms with Crippen molar-refractivity contribution in [1.82, 2.24) is 5.32 Å². The number of aliphatic hydroxyl groups is 1. The van der Waals surface area contributed by atoms with E-state index in [1.54, 1.807) is 13.0 Å². The Morgan fingerprint density at radius 3 is 2.50 bits per heavy atom. The molecule has 0 aliphatic heterocycles. The number of thiophene rings is 1. The molecule has 1 aromatic rings. The SMILES string of the molecule is Cc1cc(C(=O)N[C@@H](CO)C(=O)O)c(C)s1. The predicted octanol–water partition coefficient (Wildman–Crippen LogP) is 0.540. The zero-order valence-corrected chi connectivity index (χ0v) is 9.80. The van der Waals surface area contributed by atoms with E-state index in [2.05, 4.69) is 5.32 Å². The Hall–Kier alpha value is -1.40. The Morgan fingerprint density at radius 2 is 2.12 bits per heavy atom. The monoisotopic (exact) mass is 243 g/mol. The molecule has 16 heavy (non-hydrogen) atoms. The van der Waals surface area contributed by atoms with Crippen LogP contribution in [0.2, 0.25) is 0 Å². The van der Waals surface area contributed by atoms with Gasteiger partial charge in [0.2, 0.25) is 0 Å². The maximum Gasteiger partial charge on any atom is 0.328 e. The summed E-state index contributed by atoms with van der Waals surface area (Å²) in [6, 6.07) is 0.443. The van der Waals surface area contributed by atoms with Crippen molar-refractivity contribution in [1.29, 1.82) is 0 Å². The van der Waals surface area contributed by atoms with Crippen molar-refractivity contribution in [2.75, 3.05) is 6.61 Å². The van der Waals surface area contributed by atoms with E-state index in [1.807, 2.05) is 6.92 Å². The van der Waals surface area contributed by atoms with Crippen LogP contribution in [0.3, 0.4) is 0 Å². The van der Waals surface area contributed by atoms with Crippen LogP contribution < -0.4 is 5.32 Å². The van der Waals surface area contributed by atoms with Gasteiger partial charge in [0.1, 0.15) is 0 Å². The summed E-state index contributed by atoms with van der Waals surface area (Å²) < 4.78 is 0. The largest absolute Gasteiger partial charge is 0.480 e. The minimum atomic E-state index is -1.26. The third kappa shape index (κ3) is 2.80. The Morgan fingerprint density at radius 1 is 1.50 bits per heavy atom. The summed E-state index contributed by atoms with van der Waals surface area (Å²) in [6.07, 6.45) is 0. The molecule has 88 valence electrons. The molecular formula is C10H13NO4S. The molecule has 0 unspecified atom stereocenters. The fourth-order valence-electron chi connectivity index (χ4n) is 1.28. The molecule has 6 heteroatoms. The molecule has 0 aliphatic rings. The number of hydrogen-bond donors (Lipinski definition) is 3. The van der Waals surface area contributed by atoms with Gasteiger partial charge in [-0.2, -0.15) is 0 Å². The minimum Gasteiger partial charge on any atom is -0.480 e. The van der Waals surface area contributed by atoms with Crippen molar-refractivity contribution in [3.05, 3.63) is 21.4 Å². The molecule has 0 radical (unpaired) electrons. The molecule has 1 heterocycles. The van der Waals surface area contributed by atoms with Gasteiger partial charge in [0.15, 0.2) is 6.04 Å². The molecule has 3 N–H and O–H groups in total. The van der Waals surface area contributed by atoms with E-state index in [0.717, 1.165) is 9.75 Å². The molecule has 0 saturated carbocycles. The van der Waals surface area contributed by atoms with Crippen LogP contribution in [0, 0.1) is 13.8 Å². The van der Waals surface area contributed by atoms with Crippen LogP contribution in [-0.2, 0) is 4.79 Å². The van der Waals surface area contributed by atoms with Gasteiger partial charge in [-0.3, -0.25) is 4.79 Å². The number of amides is 1. The molecule has 0 fully saturated rings. The van der Waals surface area contributed by atoms with Crippen molar-refractivity contribution in [2.24, 2.45) is 0 Å². The third-order valence-corrected chi connectivity index (χ3v) is 3.04. The fourth-order valence-corrected chi connectivity index (χ4v) is 2.20. The number of rotatable bonds is 4. The summed E-state index contributed by atoms with van der Waals surface area (Å²) in [5, 5.41) is 19.7. The van der Waals surface area contributed by atoms with Crippen molar-refractivity contribution in [2.45, 2.75) is 19.9 Å². The summed E-state index contributed by atoms with van der Waals surface area (Å²) in [4.78, 5) is 24.1. The van der Waals surface area contributed by atoms with E-state index in [1.165, 1.54) is 11.3 Å². The zero-order valence-electron chi connectivity index (χ0n) is 8.98. The van der Waals surface area contributed by atoms with Gasteiger partial charge in [-0.25, -0.2) is 4.79 Å². The van der Waals surface area contributed by atoms with E-state index in [-0.39, 0.29) is 0 Å². The first-order valence-corrected chi connectivity index (χ1v) is 5.49. The van der Waals surface area contributed by atoms with E-state index < -0.39 is 24.5 Å². The number of carbonyl (C=O) groups excluding carboxylic acids is 1. The summed E-state index contributed by atoms with van der Waals surface area (Å²) in [5.74, 6) is -1.72. The van der Waals surface area contributed by atoms with Crippen LogP contribution in [0.4, 0.5) is 0 Å². The van der Waals surface area contributed by atoms with Gasteiger partial charge < -0.3 is 15.5 Å². The van der Waals surface area contributed by atoms with Gasteiger partial charge in [0.05, 0.1) is 12.2 Å². The van der Waals surface area contributed by atoms with Gasteiger partial charge in [-0.05, 0) is 19.9 Å². The molecule has 5 nitrogen and oxygen atoms in total. The summed E-state index contributed by atoms with van der Waals surface area (Å²) >= 11 is 1.47. The van der Waals surface area contributed by atoms with Crippen LogP contribution in [0.15, 0.2) is 6.07 Å². The standard InChI is InChI=1S/C10H13NO4S/c1-5-3-7(6(2)16-5)9(13)11-8(4-12)10(14)15/h3,8,12H,4H2,1-2H3,(H,11,13)(H,14,15)/t8-/m0/s1. The highest BCUT2D eigenvalue weighted by Gasteiger charge is 2.21. The van der Waals surface area contributed by atoms with Crippen molar-refractivity contribution >= 4 is 23.2 Å². The molecule has 0 aromatic carbocycles. The first-order valence-electron chi connectivity index (χ1n) is 4.67. The number of aliphatic carboxylic acids is 1. The lowest BCUT2D eigenvalue weighted by Gasteiger charge is -2.11. The molecule has 0 bridgehead atoms. The number of aliphatic hydroxyl groups excluding tert-OH is 1. The van der Waals surface area contributed by atoms with E-state index in [9.17, 15) is 9.59 Å². The Bertz CT molecular complexity index is 413.